The maximum absolute atomic E-state index is 16.4. The quantitative estimate of drug-likeness (QED) is 0.248. The minimum atomic E-state index is -5.08. The Morgan fingerprint density at radius 3 is 2.00 bits per heavy atom. The van der Waals surface area contributed by atoms with E-state index in [1.807, 2.05) is 6.07 Å². The summed E-state index contributed by atoms with van der Waals surface area (Å²) in [5, 5.41) is 18.2. The third-order valence-corrected chi connectivity index (χ3v) is 11.3. The van der Waals surface area contributed by atoms with E-state index < -0.39 is 45.6 Å². The highest BCUT2D eigenvalue weighted by atomic mass is 32.2. The normalized spacial score (nSPS) is 21.9. The highest BCUT2D eigenvalue weighted by molar-refractivity contribution is 7.89. The first-order valence-corrected chi connectivity index (χ1v) is 17.6. The topological polar surface area (TPSA) is 150 Å². The zero-order valence-corrected chi connectivity index (χ0v) is 27.8. The number of sulfonamides is 1. The molecule has 2 unspecified atom stereocenters. The number of aliphatic carboxylic acids is 1. The number of carboxylic acid groups (broad SMARTS) is 1. The lowest BCUT2D eigenvalue weighted by Gasteiger charge is -2.42. The maximum Gasteiger partial charge on any atom is 0.490 e. The van der Waals surface area contributed by atoms with E-state index in [2.05, 4.69) is 0 Å². The molecule has 272 valence electrons. The van der Waals surface area contributed by atoms with Gasteiger partial charge in [0.2, 0.25) is 15.9 Å². The van der Waals surface area contributed by atoms with Gasteiger partial charge in [0.1, 0.15) is 11.5 Å². The Morgan fingerprint density at radius 1 is 0.900 bits per heavy atom. The van der Waals surface area contributed by atoms with E-state index in [4.69, 9.17) is 20.4 Å². The van der Waals surface area contributed by atoms with Crippen LogP contribution in [0, 0.1) is 0 Å². The molecule has 50 heavy (non-hydrogen) atoms. The Balaban J connectivity index is 0.000000630. The number of benzene rings is 3. The number of phenols is 1. The van der Waals surface area contributed by atoms with E-state index in [0.29, 0.717) is 41.1 Å². The second-order valence-corrected chi connectivity index (χ2v) is 15.0. The Kier molecular flexibility index (Phi) is 10.7. The number of carbonyl (C=O) groups is 2. The SMILES string of the molecule is CN([C@@H](C(=O)N1C2CCC1CC(N)C2)C(F)(F)c1ccc(O)cc1)S(=O)(=O)c1ccc2cc(OC3CCCC3)ccc2c1.O=C(O)C(F)(F)F. The van der Waals surface area contributed by atoms with E-state index in [0.717, 1.165) is 62.4 Å². The summed E-state index contributed by atoms with van der Waals surface area (Å²) in [7, 11) is -3.53. The van der Waals surface area contributed by atoms with Gasteiger partial charge in [-0.2, -0.15) is 26.3 Å². The average Bonchev–Trinajstić information content (AvgIpc) is 3.66. The Bertz CT molecular complexity index is 1800. The van der Waals surface area contributed by atoms with Crippen LogP contribution in [-0.4, -0.2) is 83.2 Å². The van der Waals surface area contributed by atoms with E-state index in [9.17, 15) is 31.5 Å². The molecule has 2 heterocycles. The van der Waals surface area contributed by atoms with Gasteiger partial charge in [0, 0.05) is 30.7 Å². The number of fused-ring (bicyclic) bond motifs is 3. The van der Waals surface area contributed by atoms with Crippen LogP contribution in [0.5, 0.6) is 11.5 Å². The molecule has 3 atom stereocenters. The molecule has 2 aliphatic heterocycles. The van der Waals surface area contributed by atoms with Gasteiger partial charge < -0.3 is 25.6 Å². The third kappa shape index (κ3) is 7.81. The Morgan fingerprint density at radius 2 is 1.44 bits per heavy atom. The van der Waals surface area contributed by atoms with Crippen molar-refractivity contribution in [3.05, 3.63) is 66.2 Å². The number of phenolic OH excluding ortho intramolecular Hbond substituents is 1. The molecule has 1 amide bonds. The lowest BCUT2D eigenvalue weighted by Crippen LogP contribution is -2.61. The van der Waals surface area contributed by atoms with Crippen LogP contribution >= 0.6 is 0 Å². The predicted molar refractivity (Wildman–Crippen MR) is 172 cm³/mol. The van der Waals surface area contributed by atoms with Crippen LogP contribution < -0.4 is 10.5 Å². The Hall–Kier alpha value is -4.02. The standard InChI is InChI=1S/C32H37F2N3O5S.C2HF3O2/c1-36(43(40,41)29-15-7-20-16-28(14-6-21(20)17-29)42-27-4-2-3-5-27)30(32(33,34)22-8-12-26(38)13-9-22)31(39)37-24-10-11-25(37)19-23(35)18-24;3-2(4,5)1(6)7/h6-9,12-17,23-25,27,30,38H,2-5,10-11,18-19,35H2,1H3;(H,6,7)/t23?,24?,25?,30-;/m0./s1. The minimum Gasteiger partial charge on any atom is -0.508 e. The van der Waals surface area contributed by atoms with Gasteiger partial charge in [-0.25, -0.2) is 13.2 Å². The number of piperidine rings is 1. The molecule has 6 rings (SSSR count). The van der Waals surface area contributed by atoms with E-state index in [1.54, 1.807) is 18.2 Å². The largest absolute Gasteiger partial charge is 0.508 e. The monoisotopic (exact) mass is 727 g/mol. The number of aromatic hydroxyl groups is 1. The second-order valence-electron chi connectivity index (χ2n) is 13.0. The molecule has 10 nitrogen and oxygen atoms in total. The van der Waals surface area contributed by atoms with Crippen molar-refractivity contribution in [2.45, 2.75) is 98.6 Å². The molecule has 1 aliphatic carbocycles. The van der Waals surface area contributed by atoms with Gasteiger partial charge in [0.15, 0.2) is 6.04 Å². The number of amides is 1. The van der Waals surface area contributed by atoms with Crippen molar-refractivity contribution >= 4 is 32.7 Å². The average molecular weight is 728 g/mol. The molecular weight excluding hydrogens is 689 g/mol. The summed E-state index contributed by atoms with van der Waals surface area (Å²) in [4.78, 5) is 24.2. The second kappa shape index (κ2) is 14.3. The van der Waals surface area contributed by atoms with Gasteiger partial charge in [-0.05, 0) is 111 Å². The first-order chi connectivity index (χ1) is 23.4. The van der Waals surface area contributed by atoms with Crippen LogP contribution in [0.2, 0.25) is 0 Å². The van der Waals surface area contributed by atoms with Gasteiger partial charge in [0.05, 0.1) is 11.0 Å². The van der Waals surface area contributed by atoms with Crippen molar-refractivity contribution in [3.63, 3.8) is 0 Å². The predicted octanol–water partition coefficient (Wildman–Crippen LogP) is 5.76. The number of nitrogens with zero attached hydrogens (tertiary/aromatic N) is 2. The molecule has 0 radical (unpaired) electrons. The summed E-state index contributed by atoms with van der Waals surface area (Å²) in [6.45, 7) is 0. The van der Waals surface area contributed by atoms with Gasteiger partial charge in [0.25, 0.3) is 5.92 Å². The number of nitrogens with two attached hydrogens (primary N) is 1. The molecule has 3 aromatic carbocycles. The molecule has 16 heteroatoms. The summed E-state index contributed by atoms with van der Waals surface area (Å²) >= 11 is 0. The third-order valence-electron chi connectivity index (χ3n) is 9.52. The number of hydrogen-bond acceptors (Lipinski definition) is 7. The summed E-state index contributed by atoms with van der Waals surface area (Å²) in [5.74, 6) is -7.14. The van der Waals surface area contributed by atoms with Crippen LogP contribution in [0.1, 0.15) is 56.9 Å². The molecule has 0 spiro atoms. The molecule has 4 N–H and O–H groups in total. The van der Waals surface area contributed by atoms with Crippen molar-refractivity contribution in [2.24, 2.45) is 5.73 Å². The summed E-state index contributed by atoms with van der Waals surface area (Å²) in [5.41, 5.74) is 5.59. The van der Waals surface area contributed by atoms with Crippen molar-refractivity contribution in [2.75, 3.05) is 7.05 Å². The molecule has 3 fully saturated rings. The number of hydrogen-bond donors (Lipinski definition) is 3. The number of halogens is 5. The van der Waals surface area contributed by atoms with Gasteiger partial charge in [-0.15, -0.1) is 0 Å². The highest BCUT2D eigenvalue weighted by Crippen LogP contribution is 2.42. The lowest BCUT2D eigenvalue weighted by atomic mass is 9.94. The highest BCUT2D eigenvalue weighted by Gasteiger charge is 2.56. The number of likely N-dealkylation sites (N-methyl/N-ethyl adjacent to an activating group) is 1. The fraction of sp³-hybridized carbons (Fsp3) is 0.471. The number of ether oxygens (including phenoxy) is 1. The van der Waals surface area contributed by atoms with Crippen LogP contribution in [0.15, 0.2) is 65.6 Å². The zero-order valence-electron chi connectivity index (χ0n) is 27.0. The van der Waals surface area contributed by atoms with Crippen molar-refractivity contribution in [1.29, 1.82) is 0 Å². The first-order valence-electron chi connectivity index (χ1n) is 16.1. The van der Waals surface area contributed by atoms with Crippen LogP contribution in [-0.2, 0) is 25.5 Å². The van der Waals surface area contributed by atoms with Gasteiger partial charge in [-0.1, -0.05) is 12.1 Å². The van der Waals surface area contributed by atoms with E-state index in [1.165, 1.54) is 17.0 Å². The summed E-state index contributed by atoms with van der Waals surface area (Å²) in [6, 6.07) is 10.9. The summed E-state index contributed by atoms with van der Waals surface area (Å²) in [6.07, 6.45) is 1.58. The van der Waals surface area contributed by atoms with Crippen molar-refractivity contribution in [1.82, 2.24) is 9.21 Å². The molecule has 3 aliphatic rings. The fourth-order valence-corrected chi connectivity index (χ4v) is 8.39. The van der Waals surface area contributed by atoms with Crippen molar-refractivity contribution < 1.29 is 54.9 Å². The number of alkyl halides is 5. The molecule has 2 saturated heterocycles. The lowest BCUT2D eigenvalue weighted by molar-refractivity contribution is -0.192. The molecule has 1 saturated carbocycles. The summed E-state index contributed by atoms with van der Waals surface area (Å²) < 4.78 is 99.1. The number of carboxylic acids is 1. The van der Waals surface area contributed by atoms with Crippen LogP contribution in [0.25, 0.3) is 10.8 Å². The number of rotatable bonds is 8. The number of carbonyl (C=O) groups excluding carboxylic acids is 1. The van der Waals surface area contributed by atoms with Crippen LogP contribution in [0.4, 0.5) is 22.0 Å². The van der Waals surface area contributed by atoms with Gasteiger partial charge >= 0.3 is 12.1 Å². The first kappa shape index (κ1) is 37.2. The maximum atomic E-state index is 16.4. The zero-order chi connectivity index (χ0) is 36.6. The van der Waals surface area contributed by atoms with Crippen molar-refractivity contribution in [3.8, 4) is 11.5 Å². The van der Waals surface area contributed by atoms with Gasteiger partial charge in [-0.3, -0.25) is 4.79 Å². The van der Waals surface area contributed by atoms with E-state index in [-0.39, 0.29) is 34.9 Å². The molecule has 0 aromatic heterocycles. The Labute approximate surface area is 285 Å². The smallest absolute Gasteiger partial charge is 0.490 e. The minimum absolute atomic E-state index is 0.138. The van der Waals surface area contributed by atoms with E-state index >= 15 is 8.78 Å². The molecule has 2 bridgehead atoms. The van der Waals surface area contributed by atoms with Crippen LogP contribution in [0.3, 0.4) is 0 Å². The molecular formula is C34H38F5N3O7S. The fourth-order valence-electron chi connectivity index (χ4n) is 7.04. The molecule has 3 aromatic rings.